The van der Waals surface area contributed by atoms with Gasteiger partial charge in [0, 0.05) is 83.4 Å². The minimum absolute atomic E-state index is 0.0179. The van der Waals surface area contributed by atoms with Gasteiger partial charge in [-0.1, -0.05) is 54.1 Å². The van der Waals surface area contributed by atoms with E-state index in [0.717, 1.165) is 96.1 Å². The van der Waals surface area contributed by atoms with Crippen LogP contribution < -0.4 is 20.3 Å². The number of piperidine rings is 5. The zero-order valence-corrected chi connectivity index (χ0v) is 42.3. The zero-order chi connectivity index (χ0) is 49.3. The molecule has 3 aromatic carbocycles. The van der Waals surface area contributed by atoms with Crippen LogP contribution in [0.4, 0.5) is 11.5 Å². The number of rotatable bonds is 11. The maximum atomic E-state index is 15.2. The lowest BCUT2D eigenvalue weighted by Crippen LogP contribution is -2.60. The summed E-state index contributed by atoms with van der Waals surface area (Å²) in [7, 11) is 0. The highest BCUT2D eigenvalue weighted by Crippen LogP contribution is 2.43. The number of imide groups is 1. The molecule has 6 aliphatic rings. The van der Waals surface area contributed by atoms with Crippen LogP contribution in [0.25, 0.3) is 20.8 Å². The molecule has 72 heavy (non-hydrogen) atoms. The first-order valence-electron chi connectivity index (χ1n) is 26.1. The molecular formula is C56H63ClN8O6S. The van der Waals surface area contributed by atoms with Crippen molar-refractivity contribution in [2.24, 2.45) is 17.8 Å². The number of amides is 5. The number of thiazole rings is 1. The average Bonchev–Trinajstić information content (AvgIpc) is 3.85. The monoisotopic (exact) mass is 1010 g/mol. The molecule has 0 radical (unpaired) electrons. The number of carbonyl (C=O) groups is 5. The first kappa shape index (κ1) is 48.4. The summed E-state index contributed by atoms with van der Waals surface area (Å²) in [6, 6.07) is 25.0. The molecule has 11 rings (SSSR count). The van der Waals surface area contributed by atoms with Crippen LogP contribution in [-0.4, -0.2) is 119 Å². The summed E-state index contributed by atoms with van der Waals surface area (Å²) in [6.07, 6.45) is 11.3. The number of para-hydroxylation sites is 2. The van der Waals surface area contributed by atoms with E-state index >= 15 is 4.79 Å². The molecule has 5 saturated heterocycles. The Balaban J connectivity index is 0.692. The van der Waals surface area contributed by atoms with Gasteiger partial charge in [-0.15, -0.1) is 11.3 Å². The highest BCUT2D eigenvalue weighted by Gasteiger charge is 2.49. The molecule has 1 unspecified atom stereocenters. The standard InChI is InChI=1S/C56H63ClN8O6S/c57-44-8-5-10-46-51(44)72-53(60-46)42-7-2-4-11-47(42)71-56(22-30-64(31-23-56)54(69)43-33-50(67)59-45-9-3-1-6-41(43)45)55(70)65-28-18-37(19-29-65)32-36-16-24-62(25-17-36)35-38-20-26-63(27-21-38)48-14-12-39(34-58-48)40-13-15-49(66)61-52(40)68/h1-12,14,34,36-38,40,43H,13,15-33,35H2,(H,59,67)(H,61,66,68)/t40?,43-/m0/s1. The summed E-state index contributed by atoms with van der Waals surface area (Å²) in [5.41, 5.74) is 2.78. The van der Waals surface area contributed by atoms with E-state index in [9.17, 15) is 19.2 Å². The molecule has 2 N–H and O–H groups in total. The van der Waals surface area contributed by atoms with E-state index in [2.05, 4.69) is 20.4 Å². The number of nitrogens with one attached hydrogen (secondary N) is 2. The van der Waals surface area contributed by atoms with Gasteiger partial charge < -0.3 is 29.7 Å². The molecule has 376 valence electrons. The SMILES string of the molecule is O=C1CCC(c2ccc(N3CCC(CN4CCC(CC5CCN(C(=O)C6(Oc7ccccc7-c7nc8cccc(Cl)c8s7)CCN(C(=O)[C@H]7CC(=O)Nc8ccccc87)CC6)CC5)CC4)CC3)nc2)C(=O)N1. The van der Waals surface area contributed by atoms with Crippen molar-refractivity contribution in [2.45, 2.75) is 94.5 Å². The van der Waals surface area contributed by atoms with E-state index in [1.165, 1.54) is 30.6 Å². The number of anilines is 2. The quantitative estimate of drug-likeness (QED) is 0.123. The van der Waals surface area contributed by atoms with Crippen molar-refractivity contribution in [1.82, 2.24) is 30.0 Å². The Bertz CT molecular complexity index is 2830. The largest absolute Gasteiger partial charge is 0.477 e. The molecular weight excluding hydrogens is 948 g/mol. The maximum absolute atomic E-state index is 15.2. The van der Waals surface area contributed by atoms with Crippen LogP contribution in [-0.2, 0) is 24.0 Å². The summed E-state index contributed by atoms with van der Waals surface area (Å²) < 4.78 is 7.99. The molecule has 0 aliphatic carbocycles. The van der Waals surface area contributed by atoms with Crippen LogP contribution in [0.2, 0.25) is 5.02 Å². The number of benzene rings is 3. The van der Waals surface area contributed by atoms with Crippen LogP contribution in [0, 0.1) is 17.8 Å². The molecule has 0 saturated carbocycles. The first-order chi connectivity index (χ1) is 35.1. The highest BCUT2D eigenvalue weighted by atomic mass is 35.5. The fourth-order valence-corrected chi connectivity index (χ4v) is 13.6. The van der Waals surface area contributed by atoms with Crippen molar-refractivity contribution in [3.8, 4) is 16.3 Å². The Morgan fingerprint density at radius 3 is 2.19 bits per heavy atom. The minimum atomic E-state index is -1.19. The van der Waals surface area contributed by atoms with Crippen LogP contribution in [0.5, 0.6) is 5.75 Å². The number of hydrogen-bond acceptors (Lipinski definition) is 11. The van der Waals surface area contributed by atoms with Gasteiger partial charge in [-0.05, 0) is 130 Å². The predicted octanol–water partition coefficient (Wildman–Crippen LogP) is 8.66. The van der Waals surface area contributed by atoms with Gasteiger partial charge in [0.05, 0.1) is 32.6 Å². The Kier molecular flexibility index (Phi) is 14.0. The lowest BCUT2D eigenvalue weighted by molar-refractivity contribution is -0.157. The number of hydrogen-bond donors (Lipinski definition) is 2. The van der Waals surface area contributed by atoms with Crippen molar-refractivity contribution in [3.63, 3.8) is 0 Å². The molecule has 5 fully saturated rings. The van der Waals surface area contributed by atoms with E-state index in [-0.39, 0.29) is 41.9 Å². The Hall–Kier alpha value is -5.90. The fraction of sp³-hybridized carbons (Fsp3) is 0.482. The molecule has 0 spiro atoms. The molecule has 5 amide bonds. The molecule has 0 bridgehead atoms. The lowest BCUT2D eigenvalue weighted by Gasteiger charge is -2.45. The number of ether oxygens (including phenoxy) is 1. The van der Waals surface area contributed by atoms with Crippen molar-refractivity contribution in [3.05, 3.63) is 101 Å². The highest BCUT2D eigenvalue weighted by molar-refractivity contribution is 7.22. The average molecular weight is 1010 g/mol. The van der Waals surface area contributed by atoms with Crippen LogP contribution >= 0.6 is 22.9 Å². The second-order valence-corrected chi connectivity index (χ2v) is 22.4. The number of likely N-dealkylation sites (tertiary alicyclic amines) is 3. The summed E-state index contributed by atoms with van der Waals surface area (Å²) >= 11 is 8.10. The van der Waals surface area contributed by atoms with Gasteiger partial charge in [-0.3, -0.25) is 29.3 Å². The predicted molar refractivity (Wildman–Crippen MR) is 279 cm³/mol. The number of aromatic nitrogens is 2. The van der Waals surface area contributed by atoms with E-state index < -0.39 is 11.5 Å². The van der Waals surface area contributed by atoms with Crippen molar-refractivity contribution >= 4 is 74.2 Å². The number of pyridine rings is 1. The van der Waals surface area contributed by atoms with Gasteiger partial charge in [0.1, 0.15) is 16.6 Å². The number of nitrogens with zero attached hydrogens (tertiary/aromatic N) is 6. The van der Waals surface area contributed by atoms with Crippen LogP contribution in [0.15, 0.2) is 85.1 Å². The second kappa shape index (κ2) is 20.9. The summed E-state index contributed by atoms with van der Waals surface area (Å²) in [5, 5.41) is 6.77. The van der Waals surface area contributed by atoms with Gasteiger partial charge in [-0.2, -0.15) is 0 Å². The Morgan fingerprint density at radius 1 is 0.736 bits per heavy atom. The Labute approximate surface area is 429 Å². The summed E-state index contributed by atoms with van der Waals surface area (Å²) in [6.45, 7) is 7.39. The number of fused-ring (bicyclic) bond motifs is 2. The van der Waals surface area contributed by atoms with Gasteiger partial charge in [0.25, 0.3) is 5.91 Å². The van der Waals surface area contributed by atoms with Gasteiger partial charge >= 0.3 is 0 Å². The van der Waals surface area contributed by atoms with Gasteiger partial charge in [0.15, 0.2) is 5.60 Å². The van der Waals surface area contributed by atoms with E-state index in [4.69, 9.17) is 26.3 Å². The molecule has 2 aromatic heterocycles. The normalized spacial score (nSPS) is 22.6. The van der Waals surface area contributed by atoms with E-state index in [0.29, 0.717) is 86.1 Å². The third-order valence-corrected chi connectivity index (χ3v) is 18.1. The zero-order valence-electron chi connectivity index (χ0n) is 40.7. The minimum Gasteiger partial charge on any atom is -0.477 e. The fourth-order valence-electron chi connectivity index (χ4n) is 12.3. The second-order valence-electron chi connectivity index (χ2n) is 21.0. The Morgan fingerprint density at radius 2 is 1.46 bits per heavy atom. The molecule has 14 nitrogen and oxygen atoms in total. The molecule has 5 aromatic rings. The topological polar surface area (TPSA) is 157 Å². The lowest BCUT2D eigenvalue weighted by atomic mass is 9.81. The summed E-state index contributed by atoms with van der Waals surface area (Å²) in [5.74, 6) is 1.86. The third-order valence-electron chi connectivity index (χ3n) is 16.5. The number of halogens is 1. The molecule has 16 heteroatoms. The summed E-state index contributed by atoms with van der Waals surface area (Å²) in [4.78, 5) is 84.6. The molecule has 2 atom stereocenters. The van der Waals surface area contributed by atoms with Crippen LogP contribution in [0.3, 0.4) is 0 Å². The van der Waals surface area contributed by atoms with Crippen molar-refractivity contribution in [1.29, 1.82) is 0 Å². The smallest absolute Gasteiger partial charge is 0.266 e. The molecule has 8 heterocycles. The third kappa shape index (κ3) is 10.2. The number of carbonyl (C=O) groups excluding carboxylic acids is 5. The molecule has 6 aliphatic heterocycles. The maximum Gasteiger partial charge on any atom is 0.266 e. The van der Waals surface area contributed by atoms with E-state index in [1.807, 2.05) is 94.9 Å². The van der Waals surface area contributed by atoms with Crippen molar-refractivity contribution in [2.75, 3.05) is 69.1 Å². The van der Waals surface area contributed by atoms with Gasteiger partial charge in [-0.25, -0.2) is 9.97 Å². The van der Waals surface area contributed by atoms with Gasteiger partial charge in [0.2, 0.25) is 23.6 Å². The first-order valence-corrected chi connectivity index (χ1v) is 27.3. The van der Waals surface area contributed by atoms with Crippen molar-refractivity contribution < 1.29 is 28.7 Å². The van der Waals surface area contributed by atoms with Crippen LogP contribution in [0.1, 0.15) is 100 Å². The van der Waals surface area contributed by atoms with E-state index in [1.54, 1.807) is 0 Å².